The second-order valence-corrected chi connectivity index (χ2v) is 5.26. The first-order chi connectivity index (χ1) is 9.36. The van der Waals surface area contributed by atoms with E-state index in [9.17, 15) is 13.2 Å². The zero-order valence-corrected chi connectivity index (χ0v) is 12.2. The molecule has 0 aliphatic heterocycles. The van der Waals surface area contributed by atoms with E-state index in [1.807, 2.05) is 19.1 Å². The summed E-state index contributed by atoms with van der Waals surface area (Å²) in [7, 11) is 0. The number of anilines is 1. The molecule has 0 bridgehead atoms. The zero-order valence-electron chi connectivity index (χ0n) is 10.6. The third-order valence-corrected chi connectivity index (χ3v) is 3.20. The smallest absolute Gasteiger partial charge is 0.377 e. The number of alkyl halides is 3. The van der Waals surface area contributed by atoms with Gasteiger partial charge in [0.1, 0.15) is 0 Å². The molecule has 0 amide bonds. The zero-order chi connectivity index (χ0) is 14.8. The minimum atomic E-state index is -4.37. The summed E-state index contributed by atoms with van der Waals surface area (Å²) in [4.78, 5) is 4.17. The van der Waals surface area contributed by atoms with Gasteiger partial charge in [-0.3, -0.25) is 4.98 Å². The molecule has 0 spiro atoms. The van der Waals surface area contributed by atoms with Gasteiger partial charge in [0, 0.05) is 16.4 Å². The lowest BCUT2D eigenvalue weighted by atomic mass is 10.1. The quantitative estimate of drug-likeness (QED) is 0.843. The van der Waals surface area contributed by atoms with Crippen LogP contribution >= 0.6 is 15.9 Å². The van der Waals surface area contributed by atoms with Crippen molar-refractivity contribution in [3.05, 3.63) is 58.3 Å². The van der Waals surface area contributed by atoms with E-state index in [4.69, 9.17) is 0 Å². The van der Waals surface area contributed by atoms with Gasteiger partial charge in [-0.1, -0.05) is 22.0 Å². The lowest BCUT2D eigenvalue weighted by molar-refractivity contribution is -0.137. The van der Waals surface area contributed by atoms with E-state index in [0.717, 1.165) is 17.8 Å². The Labute approximate surface area is 123 Å². The van der Waals surface area contributed by atoms with Gasteiger partial charge >= 0.3 is 6.18 Å². The maximum atomic E-state index is 12.7. The Balaban J connectivity index is 2.24. The third kappa shape index (κ3) is 3.72. The summed E-state index contributed by atoms with van der Waals surface area (Å²) in [5.74, 6) is 0. The van der Waals surface area contributed by atoms with Gasteiger partial charge in [-0.25, -0.2) is 0 Å². The Kier molecular flexibility index (Phi) is 4.32. The minimum absolute atomic E-state index is 0.188. The van der Waals surface area contributed by atoms with Crippen LogP contribution in [0.5, 0.6) is 0 Å². The Morgan fingerprint density at radius 3 is 2.55 bits per heavy atom. The van der Waals surface area contributed by atoms with E-state index in [1.165, 1.54) is 0 Å². The molecule has 6 heteroatoms. The first-order valence-corrected chi connectivity index (χ1v) is 6.71. The summed E-state index contributed by atoms with van der Waals surface area (Å²) in [6.07, 6.45) is -2.72. The van der Waals surface area contributed by atoms with Crippen LogP contribution in [0.1, 0.15) is 24.2 Å². The lowest BCUT2D eigenvalue weighted by Crippen LogP contribution is -2.10. The normalized spacial score (nSPS) is 13.1. The van der Waals surface area contributed by atoms with Gasteiger partial charge in [0.25, 0.3) is 0 Å². The van der Waals surface area contributed by atoms with Crippen molar-refractivity contribution in [1.29, 1.82) is 0 Å². The predicted molar refractivity (Wildman–Crippen MR) is 75.4 cm³/mol. The standard InChI is InChI=1S/C14H12BrF3N2/c1-9(13-4-2-3-5-19-13)20-12-7-10(14(16,17)18)6-11(15)8-12/h2-9,20H,1H3. The van der Waals surface area contributed by atoms with E-state index >= 15 is 0 Å². The fourth-order valence-corrected chi connectivity index (χ4v) is 2.29. The number of halogens is 4. The molecule has 1 N–H and O–H groups in total. The van der Waals surface area contributed by atoms with Gasteiger partial charge in [-0.05, 0) is 37.3 Å². The summed E-state index contributed by atoms with van der Waals surface area (Å²) in [6.45, 7) is 1.84. The molecule has 1 atom stereocenters. The Morgan fingerprint density at radius 1 is 1.20 bits per heavy atom. The molecule has 0 fully saturated rings. The van der Waals surface area contributed by atoms with Gasteiger partial charge in [-0.2, -0.15) is 13.2 Å². The van der Waals surface area contributed by atoms with Crippen molar-refractivity contribution in [2.45, 2.75) is 19.1 Å². The van der Waals surface area contributed by atoms with Crippen LogP contribution in [-0.4, -0.2) is 4.98 Å². The van der Waals surface area contributed by atoms with Gasteiger partial charge < -0.3 is 5.32 Å². The molecule has 1 aromatic heterocycles. The maximum Gasteiger partial charge on any atom is 0.416 e. The van der Waals surface area contributed by atoms with Crippen LogP contribution in [0.15, 0.2) is 47.1 Å². The van der Waals surface area contributed by atoms with Crippen LogP contribution in [0.4, 0.5) is 18.9 Å². The van der Waals surface area contributed by atoms with Gasteiger partial charge in [0.05, 0.1) is 17.3 Å². The van der Waals surface area contributed by atoms with E-state index in [-0.39, 0.29) is 6.04 Å². The second kappa shape index (κ2) is 5.83. The average Bonchev–Trinajstić information content (AvgIpc) is 2.38. The summed E-state index contributed by atoms with van der Waals surface area (Å²) in [5, 5.41) is 3.02. The summed E-state index contributed by atoms with van der Waals surface area (Å²) in [5.41, 5.74) is 0.466. The van der Waals surface area contributed by atoms with Crippen molar-refractivity contribution in [2.75, 3.05) is 5.32 Å². The van der Waals surface area contributed by atoms with Crippen molar-refractivity contribution in [1.82, 2.24) is 4.98 Å². The van der Waals surface area contributed by atoms with Crippen molar-refractivity contribution < 1.29 is 13.2 Å². The van der Waals surface area contributed by atoms with Crippen molar-refractivity contribution >= 4 is 21.6 Å². The SMILES string of the molecule is CC(Nc1cc(Br)cc(C(F)(F)F)c1)c1ccccn1. The van der Waals surface area contributed by atoms with E-state index in [1.54, 1.807) is 18.3 Å². The number of hydrogen-bond donors (Lipinski definition) is 1. The van der Waals surface area contributed by atoms with E-state index in [2.05, 4.69) is 26.2 Å². The number of benzene rings is 1. The molecule has 20 heavy (non-hydrogen) atoms. The molecule has 2 nitrogen and oxygen atoms in total. The number of aromatic nitrogens is 1. The molecular formula is C14H12BrF3N2. The molecule has 0 aliphatic rings. The number of hydrogen-bond acceptors (Lipinski definition) is 2. The number of pyridine rings is 1. The summed E-state index contributed by atoms with van der Waals surface area (Å²) in [6, 6.07) is 9.00. The Hall–Kier alpha value is -1.56. The molecule has 106 valence electrons. The number of rotatable bonds is 3. The van der Waals surface area contributed by atoms with Crippen LogP contribution in [0, 0.1) is 0 Å². The largest absolute Gasteiger partial charge is 0.416 e. The third-order valence-electron chi connectivity index (χ3n) is 2.74. The first-order valence-electron chi connectivity index (χ1n) is 5.91. The fourth-order valence-electron chi connectivity index (χ4n) is 1.79. The van der Waals surface area contributed by atoms with Gasteiger partial charge in [-0.15, -0.1) is 0 Å². The first kappa shape index (κ1) is 14.8. The fraction of sp³-hybridized carbons (Fsp3) is 0.214. The maximum absolute atomic E-state index is 12.7. The van der Waals surface area contributed by atoms with Crippen LogP contribution in [0.25, 0.3) is 0 Å². The lowest BCUT2D eigenvalue weighted by Gasteiger charge is -2.16. The number of nitrogens with zero attached hydrogens (tertiary/aromatic N) is 1. The Bertz CT molecular complexity index is 585. The Morgan fingerprint density at radius 2 is 1.95 bits per heavy atom. The van der Waals surface area contributed by atoms with Crippen LogP contribution < -0.4 is 5.32 Å². The van der Waals surface area contributed by atoms with Crippen molar-refractivity contribution in [3.63, 3.8) is 0 Å². The topological polar surface area (TPSA) is 24.9 Å². The monoisotopic (exact) mass is 344 g/mol. The molecule has 1 unspecified atom stereocenters. The van der Waals surface area contributed by atoms with Crippen LogP contribution in [0.3, 0.4) is 0 Å². The van der Waals surface area contributed by atoms with Crippen LogP contribution in [0.2, 0.25) is 0 Å². The predicted octanol–water partition coefficient (Wildman–Crippen LogP) is 5.04. The van der Waals surface area contributed by atoms with E-state index in [0.29, 0.717) is 10.2 Å². The molecule has 0 saturated carbocycles. The second-order valence-electron chi connectivity index (χ2n) is 4.35. The summed E-state index contributed by atoms with van der Waals surface area (Å²) < 4.78 is 38.6. The molecular weight excluding hydrogens is 333 g/mol. The number of nitrogens with one attached hydrogen (secondary N) is 1. The highest BCUT2D eigenvalue weighted by atomic mass is 79.9. The minimum Gasteiger partial charge on any atom is -0.377 e. The molecule has 2 rings (SSSR count). The van der Waals surface area contributed by atoms with Crippen molar-refractivity contribution in [3.8, 4) is 0 Å². The summed E-state index contributed by atoms with van der Waals surface area (Å²) >= 11 is 3.10. The molecule has 0 saturated heterocycles. The molecule has 1 aromatic carbocycles. The van der Waals surface area contributed by atoms with Gasteiger partial charge in [0.2, 0.25) is 0 Å². The van der Waals surface area contributed by atoms with Gasteiger partial charge in [0.15, 0.2) is 0 Å². The highest BCUT2D eigenvalue weighted by Gasteiger charge is 2.31. The highest BCUT2D eigenvalue weighted by Crippen LogP contribution is 2.34. The molecule has 0 aliphatic carbocycles. The van der Waals surface area contributed by atoms with E-state index < -0.39 is 11.7 Å². The molecule has 2 aromatic rings. The molecule has 0 radical (unpaired) electrons. The van der Waals surface area contributed by atoms with Crippen LogP contribution in [-0.2, 0) is 6.18 Å². The van der Waals surface area contributed by atoms with Crippen molar-refractivity contribution in [2.24, 2.45) is 0 Å². The average molecular weight is 345 g/mol. The highest BCUT2D eigenvalue weighted by molar-refractivity contribution is 9.10. The molecule has 1 heterocycles.